The van der Waals surface area contributed by atoms with E-state index in [1.54, 1.807) is 11.6 Å². The lowest BCUT2D eigenvalue weighted by Crippen LogP contribution is -2.27. The molecule has 0 aliphatic heterocycles. The summed E-state index contributed by atoms with van der Waals surface area (Å²) in [4.78, 5) is 11.3. The molecule has 1 aromatic heterocycles. The fraction of sp³-hybridized carbons (Fsp3) is 0.800. The van der Waals surface area contributed by atoms with Crippen molar-refractivity contribution in [2.75, 3.05) is 13.7 Å². The minimum atomic E-state index is -0.321. The molecule has 0 bridgehead atoms. The third kappa shape index (κ3) is 4.61. The Morgan fingerprint density at radius 3 is 2.83 bits per heavy atom. The second-order valence-electron chi connectivity index (χ2n) is 4.08. The van der Waals surface area contributed by atoms with Gasteiger partial charge in [-0.1, -0.05) is 25.6 Å². The minimum absolute atomic E-state index is 0.283. The number of thioether (sulfide) groups is 1. The highest BCUT2D eigenvalue weighted by Gasteiger charge is 2.18. The topological polar surface area (TPSA) is 81.9 Å². The van der Waals surface area contributed by atoms with Crippen molar-refractivity contribution in [3.8, 4) is 0 Å². The number of aromatic nitrogens is 4. The molecule has 0 amide bonds. The van der Waals surface area contributed by atoms with Crippen molar-refractivity contribution in [3.63, 3.8) is 0 Å². The lowest BCUT2D eigenvalue weighted by Gasteiger charge is -2.10. The molecule has 1 heterocycles. The van der Waals surface area contributed by atoms with Gasteiger partial charge in [-0.15, -0.1) is 5.10 Å². The predicted octanol–water partition coefficient (Wildman–Crippen LogP) is 0.325. The molecule has 1 unspecified atom stereocenters. The van der Waals surface area contributed by atoms with Crippen LogP contribution in [0.5, 0.6) is 0 Å². The van der Waals surface area contributed by atoms with E-state index >= 15 is 0 Å². The van der Waals surface area contributed by atoms with E-state index in [4.69, 9.17) is 0 Å². The fourth-order valence-corrected chi connectivity index (χ4v) is 2.09. The van der Waals surface area contributed by atoms with Gasteiger partial charge in [0.05, 0.1) is 13.7 Å². The molecule has 0 radical (unpaired) electrons. The summed E-state index contributed by atoms with van der Waals surface area (Å²) < 4.78 is 6.34. The Balaban J connectivity index is 2.51. The number of ether oxygens (including phenoxy) is 1. The molecule has 1 rings (SSSR count). The summed E-state index contributed by atoms with van der Waals surface area (Å²) >= 11 is 1.29. The van der Waals surface area contributed by atoms with Crippen molar-refractivity contribution in [1.82, 2.24) is 25.5 Å². The monoisotopic (exact) mass is 273 g/mol. The summed E-state index contributed by atoms with van der Waals surface area (Å²) in [6, 6.07) is 0.423. The molecule has 7 nitrogen and oxygen atoms in total. The van der Waals surface area contributed by atoms with Gasteiger partial charge in [0.2, 0.25) is 5.16 Å². The number of hydrogen-bond donors (Lipinski definition) is 1. The van der Waals surface area contributed by atoms with Gasteiger partial charge in [-0.05, 0) is 17.4 Å². The van der Waals surface area contributed by atoms with Gasteiger partial charge in [-0.2, -0.15) is 0 Å². The first kappa shape index (κ1) is 14.9. The van der Waals surface area contributed by atoms with Crippen LogP contribution in [0.15, 0.2) is 5.16 Å². The van der Waals surface area contributed by atoms with E-state index in [1.165, 1.54) is 18.9 Å². The van der Waals surface area contributed by atoms with E-state index in [1.807, 2.05) is 0 Å². The van der Waals surface area contributed by atoms with Crippen LogP contribution in [0, 0.1) is 0 Å². The first-order valence-corrected chi connectivity index (χ1v) is 6.66. The number of methoxy groups -OCH3 is 1. The van der Waals surface area contributed by atoms with Crippen molar-refractivity contribution >= 4 is 17.7 Å². The number of esters is 1. The second-order valence-corrected chi connectivity index (χ2v) is 5.38. The summed E-state index contributed by atoms with van der Waals surface area (Å²) in [6.45, 7) is 7.37. The van der Waals surface area contributed by atoms with Crippen molar-refractivity contribution in [2.24, 2.45) is 0 Å². The summed E-state index contributed by atoms with van der Waals surface area (Å²) in [5.74, 6) is -0.283. The summed E-state index contributed by atoms with van der Waals surface area (Å²) in [5, 5.41) is 15.0. The van der Waals surface area contributed by atoms with Crippen LogP contribution in [0.3, 0.4) is 0 Å². The van der Waals surface area contributed by atoms with Crippen LogP contribution in [0.1, 0.15) is 20.8 Å². The molecule has 8 heteroatoms. The maximum atomic E-state index is 11.3. The first-order valence-electron chi connectivity index (χ1n) is 5.78. The van der Waals surface area contributed by atoms with Crippen LogP contribution in [-0.4, -0.2) is 51.1 Å². The van der Waals surface area contributed by atoms with E-state index in [9.17, 15) is 4.79 Å². The molecule has 0 aliphatic rings. The molecule has 0 aliphatic carbocycles. The van der Waals surface area contributed by atoms with Crippen molar-refractivity contribution < 1.29 is 9.53 Å². The maximum absolute atomic E-state index is 11.3. The van der Waals surface area contributed by atoms with Crippen LogP contribution in [0.2, 0.25) is 0 Å². The third-order valence-corrected chi connectivity index (χ3v) is 3.24. The highest BCUT2D eigenvalue weighted by Crippen LogP contribution is 2.20. The van der Waals surface area contributed by atoms with E-state index in [0.717, 1.165) is 6.54 Å². The molecule has 0 fully saturated rings. The molecule has 0 aromatic carbocycles. The number of carbonyl (C=O) groups excluding carboxylic acids is 1. The molecule has 1 atom stereocenters. The Bertz CT molecular complexity index is 382. The van der Waals surface area contributed by atoms with Crippen LogP contribution < -0.4 is 5.32 Å². The zero-order valence-electron chi connectivity index (χ0n) is 11.1. The normalized spacial score (nSPS) is 12.7. The van der Waals surface area contributed by atoms with Gasteiger partial charge in [0.1, 0.15) is 5.25 Å². The highest BCUT2D eigenvalue weighted by atomic mass is 32.2. The number of hydrogen-bond acceptors (Lipinski definition) is 7. The smallest absolute Gasteiger partial charge is 0.318 e. The fourth-order valence-electron chi connectivity index (χ4n) is 1.25. The Kier molecular flexibility index (Phi) is 6.06. The van der Waals surface area contributed by atoms with Gasteiger partial charge in [-0.3, -0.25) is 4.79 Å². The Labute approximate surface area is 111 Å². The van der Waals surface area contributed by atoms with Crippen LogP contribution in [0.4, 0.5) is 0 Å². The van der Waals surface area contributed by atoms with Crippen molar-refractivity contribution in [1.29, 1.82) is 0 Å². The Hall–Kier alpha value is -1.15. The van der Waals surface area contributed by atoms with Gasteiger partial charge in [0, 0.05) is 12.6 Å². The maximum Gasteiger partial charge on any atom is 0.318 e. The van der Waals surface area contributed by atoms with E-state index < -0.39 is 0 Å². The standard InChI is InChI=1S/C10H19N5O2S/c1-7(2)11-5-6-15-10(12-13-14-15)18-8(3)9(16)17-4/h7-8,11H,5-6H2,1-4H3. The summed E-state index contributed by atoms with van der Waals surface area (Å²) in [7, 11) is 1.37. The summed E-state index contributed by atoms with van der Waals surface area (Å²) in [5.41, 5.74) is 0. The van der Waals surface area contributed by atoms with Gasteiger partial charge < -0.3 is 10.1 Å². The minimum Gasteiger partial charge on any atom is -0.468 e. The number of nitrogens with one attached hydrogen (secondary N) is 1. The first-order chi connectivity index (χ1) is 8.54. The lowest BCUT2D eigenvalue weighted by molar-refractivity contribution is -0.139. The molecule has 102 valence electrons. The van der Waals surface area contributed by atoms with E-state index in [-0.39, 0.29) is 11.2 Å². The van der Waals surface area contributed by atoms with Crippen LogP contribution >= 0.6 is 11.8 Å². The molecule has 18 heavy (non-hydrogen) atoms. The predicted molar refractivity (Wildman–Crippen MR) is 68.3 cm³/mol. The quantitative estimate of drug-likeness (QED) is 0.566. The average Bonchev–Trinajstić information content (AvgIpc) is 2.75. The Morgan fingerprint density at radius 1 is 1.50 bits per heavy atom. The third-order valence-electron chi connectivity index (χ3n) is 2.19. The van der Waals surface area contributed by atoms with Gasteiger partial charge in [-0.25, -0.2) is 4.68 Å². The lowest BCUT2D eigenvalue weighted by atomic mass is 10.4. The SMILES string of the molecule is COC(=O)C(C)Sc1nnnn1CCNC(C)C. The zero-order valence-corrected chi connectivity index (χ0v) is 11.9. The van der Waals surface area contributed by atoms with Crippen LogP contribution in [-0.2, 0) is 16.1 Å². The molecule has 0 spiro atoms. The van der Waals surface area contributed by atoms with Gasteiger partial charge in [0.25, 0.3) is 0 Å². The number of tetrazole rings is 1. The molecule has 0 saturated carbocycles. The second kappa shape index (κ2) is 7.32. The van der Waals surface area contributed by atoms with Crippen LogP contribution in [0.25, 0.3) is 0 Å². The van der Waals surface area contributed by atoms with Gasteiger partial charge in [0.15, 0.2) is 0 Å². The molecule has 0 saturated heterocycles. The average molecular weight is 273 g/mol. The van der Waals surface area contributed by atoms with Gasteiger partial charge >= 0.3 is 5.97 Å². The van der Waals surface area contributed by atoms with E-state index in [2.05, 4.69) is 39.4 Å². The highest BCUT2D eigenvalue weighted by molar-refractivity contribution is 8.00. The van der Waals surface area contributed by atoms with Crippen molar-refractivity contribution in [2.45, 2.75) is 43.8 Å². The number of carbonyl (C=O) groups is 1. The summed E-state index contributed by atoms with van der Waals surface area (Å²) in [6.07, 6.45) is 0. The number of nitrogens with zero attached hydrogens (tertiary/aromatic N) is 4. The number of rotatable bonds is 7. The Morgan fingerprint density at radius 2 is 2.22 bits per heavy atom. The van der Waals surface area contributed by atoms with Crippen molar-refractivity contribution in [3.05, 3.63) is 0 Å². The molecule has 1 N–H and O–H groups in total. The van der Waals surface area contributed by atoms with E-state index in [0.29, 0.717) is 17.7 Å². The largest absolute Gasteiger partial charge is 0.468 e. The zero-order chi connectivity index (χ0) is 13.5. The molecule has 1 aromatic rings. The molecular formula is C10H19N5O2S. The molecular weight excluding hydrogens is 254 g/mol.